The lowest BCUT2D eigenvalue weighted by Crippen LogP contribution is -2.33. The van der Waals surface area contributed by atoms with Gasteiger partial charge in [0.1, 0.15) is 0 Å². The maximum Gasteiger partial charge on any atom is 0.238 e. The number of amides is 1. The molecule has 1 amide bonds. The largest absolute Gasteiger partial charge is 0.326 e. The van der Waals surface area contributed by atoms with E-state index in [9.17, 15) is 4.79 Å². The number of nitrogens with one attached hydrogen (secondary N) is 1. The Morgan fingerprint density at radius 2 is 2.21 bits per heavy atom. The second-order valence-corrected chi connectivity index (χ2v) is 5.15. The summed E-state index contributed by atoms with van der Waals surface area (Å²) < 4.78 is 0. The molecule has 0 radical (unpaired) electrons. The number of anilines is 1. The molecule has 4 nitrogen and oxygen atoms in total. The highest BCUT2D eigenvalue weighted by molar-refractivity contribution is 5.93. The second kappa shape index (κ2) is 6.89. The van der Waals surface area contributed by atoms with E-state index in [4.69, 9.17) is 5.73 Å². The van der Waals surface area contributed by atoms with Crippen LogP contribution in [0.15, 0.2) is 18.2 Å². The van der Waals surface area contributed by atoms with Crippen LogP contribution in [0.2, 0.25) is 0 Å². The smallest absolute Gasteiger partial charge is 0.238 e. The number of nitrogens with zero attached hydrogens (tertiary/aromatic N) is 1. The molecule has 0 spiro atoms. The van der Waals surface area contributed by atoms with Crippen LogP contribution >= 0.6 is 12.4 Å². The molecular weight excluding hydrogens is 262 g/mol. The Balaban J connectivity index is 0.00000180. The normalized spacial score (nSPS) is 19.0. The summed E-state index contributed by atoms with van der Waals surface area (Å²) in [4.78, 5) is 14.0. The van der Waals surface area contributed by atoms with Crippen molar-refractivity contribution in [2.24, 2.45) is 5.73 Å². The van der Waals surface area contributed by atoms with Gasteiger partial charge < -0.3 is 11.1 Å². The van der Waals surface area contributed by atoms with Gasteiger partial charge in [0.05, 0.1) is 6.54 Å². The number of benzene rings is 1. The van der Waals surface area contributed by atoms with Gasteiger partial charge in [0.15, 0.2) is 0 Å². The minimum atomic E-state index is 0. The fourth-order valence-corrected chi connectivity index (χ4v) is 2.27. The zero-order valence-electron chi connectivity index (χ0n) is 11.5. The van der Waals surface area contributed by atoms with Gasteiger partial charge in [-0.1, -0.05) is 12.1 Å². The Morgan fingerprint density at radius 1 is 1.47 bits per heavy atom. The topological polar surface area (TPSA) is 58.4 Å². The summed E-state index contributed by atoms with van der Waals surface area (Å²) in [7, 11) is 0. The number of likely N-dealkylation sites (tertiary alicyclic amines) is 1. The van der Waals surface area contributed by atoms with Gasteiger partial charge in [0.2, 0.25) is 5.91 Å². The average Bonchev–Trinajstić information content (AvgIpc) is 2.69. The molecule has 1 heterocycles. The maximum absolute atomic E-state index is 11.9. The van der Waals surface area contributed by atoms with Gasteiger partial charge in [0.25, 0.3) is 0 Å². The summed E-state index contributed by atoms with van der Waals surface area (Å²) in [5, 5.41) is 2.97. The fourth-order valence-electron chi connectivity index (χ4n) is 2.27. The van der Waals surface area contributed by atoms with Gasteiger partial charge in [0, 0.05) is 24.8 Å². The summed E-state index contributed by atoms with van der Waals surface area (Å²) in [5.74, 6) is 0.0396. The van der Waals surface area contributed by atoms with Crippen LogP contribution in [0, 0.1) is 13.8 Å². The van der Waals surface area contributed by atoms with Gasteiger partial charge in [-0.2, -0.15) is 0 Å². The molecule has 106 valence electrons. The van der Waals surface area contributed by atoms with E-state index in [1.165, 1.54) is 0 Å². The van der Waals surface area contributed by atoms with Crippen LogP contribution in [0.25, 0.3) is 0 Å². The number of hydrogen-bond acceptors (Lipinski definition) is 3. The molecule has 19 heavy (non-hydrogen) atoms. The van der Waals surface area contributed by atoms with Crippen molar-refractivity contribution in [3.8, 4) is 0 Å². The highest BCUT2D eigenvalue weighted by Crippen LogP contribution is 2.16. The van der Waals surface area contributed by atoms with Crippen molar-refractivity contribution in [3.63, 3.8) is 0 Å². The molecule has 5 heteroatoms. The molecule has 0 bridgehead atoms. The van der Waals surface area contributed by atoms with E-state index in [1.54, 1.807) is 0 Å². The molecule has 0 aromatic heterocycles. The Labute approximate surface area is 120 Å². The number of halogens is 1. The molecule has 3 N–H and O–H groups in total. The van der Waals surface area contributed by atoms with Crippen molar-refractivity contribution < 1.29 is 4.79 Å². The predicted molar refractivity (Wildman–Crippen MR) is 80.8 cm³/mol. The van der Waals surface area contributed by atoms with Crippen LogP contribution in [0.5, 0.6) is 0 Å². The lowest BCUT2D eigenvalue weighted by Gasteiger charge is -2.15. The molecule has 1 atom stereocenters. The highest BCUT2D eigenvalue weighted by Gasteiger charge is 2.21. The standard InChI is InChI=1S/C14H21N3O.ClH/c1-10-3-4-11(2)13(7-10)16-14(18)9-17-6-5-12(15)8-17;/h3-4,7,12H,5-6,8-9,15H2,1-2H3,(H,16,18);1H/t12-;/m1./s1. The van der Waals surface area contributed by atoms with E-state index in [0.717, 1.165) is 36.3 Å². The molecular formula is C14H22ClN3O. The highest BCUT2D eigenvalue weighted by atomic mass is 35.5. The number of rotatable bonds is 3. The Morgan fingerprint density at radius 3 is 2.84 bits per heavy atom. The zero-order chi connectivity index (χ0) is 13.1. The van der Waals surface area contributed by atoms with Crippen molar-refractivity contribution in [3.05, 3.63) is 29.3 Å². The van der Waals surface area contributed by atoms with E-state index < -0.39 is 0 Å². The Hall–Kier alpha value is -1.10. The van der Waals surface area contributed by atoms with Crippen LogP contribution in [0.3, 0.4) is 0 Å². The molecule has 2 rings (SSSR count). The van der Waals surface area contributed by atoms with Crippen LogP contribution in [0.4, 0.5) is 5.69 Å². The van der Waals surface area contributed by atoms with Crippen molar-refractivity contribution in [1.82, 2.24) is 4.90 Å². The lowest BCUT2D eigenvalue weighted by atomic mass is 10.1. The van der Waals surface area contributed by atoms with Crippen molar-refractivity contribution >= 4 is 24.0 Å². The summed E-state index contributed by atoms with van der Waals surface area (Å²) in [6, 6.07) is 6.29. The first kappa shape index (κ1) is 16.0. The van der Waals surface area contributed by atoms with Gasteiger partial charge in [-0.25, -0.2) is 0 Å². The van der Waals surface area contributed by atoms with Crippen molar-refractivity contribution in [1.29, 1.82) is 0 Å². The summed E-state index contributed by atoms with van der Waals surface area (Å²) in [5.41, 5.74) is 8.97. The molecule has 1 aliphatic rings. The van der Waals surface area contributed by atoms with E-state index in [2.05, 4.69) is 10.2 Å². The quantitative estimate of drug-likeness (QED) is 0.888. The van der Waals surface area contributed by atoms with Crippen LogP contribution < -0.4 is 11.1 Å². The molecule has 0 unspecified atom stereocenters. The minimum Gasteiger partial charge on any atom is -0.326 e. The summed E-state index contributed by atoms with van der Waals surface area (Å²) >= 11 is 0. The first-order valence-corrected chi connectivity index (χ1v) is 6.39. The Kier molecular flexibility index (Phi) is 5.79. The Bertz CT molecular complexity index is 450. The van der Waals surface area contributed by atoms with Crippen LogP contribution in [0.1, 0.15) is 17.5 Å². The third kappa shape index (κ3) is 4.49. The maximum atomic E-state index is 11.9. The lowest BCUT2D eigenvalue weighted by molar-refractivity contribution is -0.117. The minimum absolute atomic E-state index is 0. The van der Waals surface area contributed by atoms with Crippen LogP contribution in [-0.4, -0.2) is 36.5 Å². The van der Waals surface area contributed by atoms with Gasteiger partial charge in [-0.05, 0) is 37.5 Å². The number of nitrogens with two attached hydrogens (primary N) is 1. The molecule has 1 saturated heterocycles. The van der Waals surface area contributed by atoms with Crippen molar-refractivity contribution in [2.45, 2.75) is 26.3 Å². The molecule has 1 aromatic rings. The number of aryl methyl sites for hydroxylation is 2. The molecule has 1 aliphatic heterocycles. The summed E-state index contributed by atoms with van der Waals surface area (Å²) in [6.45, 7) is 6.19. The number of carbonyl (C=O) groups excluding carboxylic acids is 1. The van der Waals surface area contributed by atoms with Gasteiger partial charge in [-0.3, -0.25) is 9.69 Å². The second-order valence-electron chi connectivity index (χ2n) is 5.15. The van der Waals surface area contributed by atoms with E-state index in [1.807, 2.05) is 32.0 Å². The zero-order valence-corrected chi connectivity index (χ0v) is 12.3. The molecule has 1 fully saturated rings. The number of hydrogen-bond donors (Lipinski definition) is 2. The molecule has 1 aromatic carbocycles. The van der Waals surface area contributed by atoms with Crippen molar-refractivity contribution in [2.75, 3.05) is 25.0 Å². The average molecular weight is 284 g/mol. The molecule has 0 aliphatic carbocycles. The third-order valence-corrected chi connectivity index (χ3v) is 3.34. The fraction of sp³-hybridized carbons (Fsp3) is 0.500. The van der Waals surface area contributed by atoms with E-state index in [0.29, 0.717) is 6.54 Å². The predicted octanol–water partition coefficient (Wildman–Crippen LogP) is 1.70. The first-order chi connectivity index (χ1) is 8.54. The SMILES string of the molecule is Cc1ccc(C)c(NC(=O)CN2CC[C@@H](N)C2)c1.Cl. The van der Waals surface area contributed by atoms with Gasteiger partial charge >= 0.3 is 0 Å². The molecule has 0 saturated carbocycles. The van der Waals surface area contributed by atoms with E-state index in [-0.39, 0.29) is 24.4 Å². The van der Waals surface area contributed by atoms with Gasteiger partial charge in [-0.15, -0.1) is 12.4 Å². The van der Waals surface area contributed by atoms with Crippen LogP contribution in [-0.2, 0) is 4.79 Å². The van der Waals surface area contributed by atoms with E-state index >= 15 is 0 Å². The summed E-state index contributed by atoms with van der Waals surface area (Å²) in [6.07, 6.45) is 0.983. The monoisotopic (exact) mass is 283 g/mol. The number of carbonyl (C=O) groups is 1. The third-order valence-electron chi connectivity index (χ3n) is 3.34. The first-order valence-electron chi connectivity index (χ1n) is 6.39.